The Morgan fingerprint density at radius 3 is 2.96 bits per heavy atom. The zero-order valence-corrected chi connectivity index (χ0v) is 14.7. The first-order valence-corrected chi connectivity index (χ1v) is 8.85. The number of carbonyl (C=O) groups excluding carboxylic acids is 3. The average Bonchev–Trinajstić information content (AvgIpc) is 3.06. The van der Waals surface area contributed by atoms with Crippen molar-refractivity contribution < 1.29 is 19.1 Å². The molecule has 0 unspecified atom stereocenters. The van der Waals surface area contributed by atoms with Crippen LogP contribution in [0.4, 0.5) is 4.79 Å². The number of urea groups is 1. The van der Waals surface area contributed by atoms with Gasteiger partial charge in [0.2, 0.25) is 0 Å². The molecule has 0 aromatic carbocycles. The van der Waals surface area contributed by atoms with E-state index in [0.29, 0.717) is 16.5 Å². The normalized spacial score (nSPS) is 26.8. The minimum atomic E-state index is -0.877. The maximum Gasteiger partial charge on any atom is 0.326 e. The summed E-state index contributed by atoms with van der Waals surface area (Å²) in [5.41, 5.74) is -0.526. The van der Waals surface area contributed by atoms with Crippen LogP contribution in [0.25, 0.3) is 0 Å². The molecule has 2 heterocycles. The summed E-state index contributed by atoms with van der Waals surface area (Å²) in [5.74, 6) is -0.989. The topological polar surface area (TPSA) is 101 Å². The molecule has 2 aliphatic rings. The molecule has 8 nitrogen and oxygen atoms in total. The fourth-order valence-electron chi connectivity index (χ4n) is 3.25. The Hall–Kier alpha value is -1.74. The Morgan fingerprint density at radius 1 is 1.50 bits per heavy atom. The summed E-state index contributed by atoms with van der Waals surface area (Å²) in [4.78, 5) is 37.8. The van der Waals surface area contributed by atoms with Gasteiger partial charge in [0.25, 0.3) is 5.91 Å². The van der Waals surface area contributed by atoms with Gasteiger partial charge in [-0.2, -0.15) is 0 Å². The molecule has 1 saturated heterocycles. The largest absolute Gasteiger partial charge is 0.458 e. The van der Waals surface area contributed by atoms with Crippen LogP contribution in [-0.2, 0) is 20.9 Å². The van der Waals surface area contributed by atoms with Crippen LogP contribution in [0.3, 0.4) is 0 Å². The van der Waals surface area contributed by atoms with Crippen LogP contribution in [0, 0.1) is 5.92 Å². The maximum atomic E-state index is 12.7. The summed E-state index contributed by atoms with van der Waals surface area (Å²) in [6.07, 6.45) is 3.39. The van der Waals surface area contributed by atoms with Gasteiger partial charge in [0.15, 0.2) is 0 Å². The molecule has 0 bridgehead atoms. The molecule has 1 N–H and O–H groups in total. The third-order valence-corrected chi connectivity index (χ3v) is 5.65. The first-order valence-electron chi connectivity index (χ1n) is 7.70. The maximum absolute atomic E-state index is 12.7. The van der Waals surface area contributed by atoms with Gasteiger partial charge in [-0.25, -0.2) is 4.79 Å². The number of ether oxygens (including phenoxy) is 1. The Morgan fingerprint density at radius 2 is 2.29 bits per heavy atom. The Kier molecular flexibility index (Phi) is 4.73. The van der Waals surface area contributed by atoms with Crippen LogP contribution >= 0.6 is 23.1 Å². The van der Waals surface area contributed by atoms with Crippen molar-refractivity contribution in [2.24, 2.45) is 5.92 Å². The number of amides is 3. The molecule has 1 aromatic rings. The van der Waals surface area contributed by atoms with Gasteiger partial charge < -0.3 is 10.1 Å². The highest BCUT2D eigenvalue weighted by Crippen LogP contribution is 2.38. The zero-order chi connectivity index (χ0) is 17.3. The summed E-state index contributed by atoms with van der Waals surface area (Å²) in [7, 11) is 0. The first-order chi connectivity index (χ1) is 11.4. The van der Waals surface area contributed by atoms with Crippen LogP contribution < -0.4 is 5.32 Å². The van der Waals surface area contributed by atoms with Gasteiger partial charge in [0, 0.05) is 11.5 Å². The number of esters is 1. The lowest BCUT2D eigenvalue weighted by molar-refractivity contribution is -0.149. The van der Waals surface area contributed by atoms with Gasteiger partial charge >= 0.3 is 12.0 Å². The van der Waals surface area contributed by atoms with Crippen LogP contribution in [0.1, 0.15) is 38.3 Å². The quantitative estimate of drug-likeness (QED) is 0.638. The van der Waals surface area contributed by atoms with Crippen LogP contribution in [0.15, 0.2) is 0 Å². The molecule has 1 aromatic heterocycles. The highest BCUT2D eigenvalue weighted by molar-refractivity contribution is 7.10. The number of aromatic nitrogens is 2. The summed E-state index contributed by atoms with van der Waals surface area (Å²) in [6.45, 7) is 1.39. The van der Waals surface area contributed by atoms with Gasteiger partial charge in [0.05, 0.1) is 0 Å². The summed E-state index contributed by atoms with van der Waals surface area (Å²) >= 11 is 6.82. The summed E-state index contributed by atoms with van der Waals surface area (Å²) in [5, 5.41) is 6.52. The molecule has 1 saturated carbocycles. The zero-order valence-electron chi connectivity index (χ0n) is 13.1. The molecule has 1 spiro atoms. The van der Waals surface area contributed by atoms with Gasteiger partial charge in [-0.1, -0.05) is 35.9 Å². The van der Waals surface area contributed by atoms with E-state index in [1.165, 1.54) is 0 Å². The molecular weight excluding hydrogens is 356 g/mol. The van der Waals surface area contributed by atoms with Gasteiger partial charge in [-0.15, -0.1) is 5.10 Å². The first kappa shape index (κ1) is 17.1. The Balaban J connectivity index is 1.62. The predicted octanol–water partition coefficient (Wildman–Crippen LogP) is 1.74. The molecule has 1 aliphatic carbocycles. The van der Waals surface area contributed by atoms with Crippen molar-refractivity contribution in [3.05, 3.63) is 10.0 Å². The highest BCUT2D eigenvalue weighted by Gasteiger charge is 2.55. The summed E-state index contributed by atoms with van der Waals surface area (Å²) < 4.78 is 9.01. The molecule has 24 heavy (non-hydrogen) atoms. The number of nitrogens with zero attached hydrogens (tertiary/aromatic N) is 3. The lowest BCUT2D eigenvalue weighted by atomic mass is 9.73. The fraction of sp³-hybridized carbons (Fsp3) is 0.643. The van der Waals surface area contributed by atoms with E-state index in [9.17, 15) is 14.4 Å². The molecule has 0 radical (unpaired) electrons. The number of halogens is 1. The molecular formula is C14H17ClN4O4S. The van der Waals surface area contributed by atoms with Crippen LogP contribution in [0.5, 0.6) is 0 Å². The molecule has 130 valence electrons. The smallest absolute Gasteiger partial charge is 0.326 e. The SMILES string of the molecule is C[C@H]1CCCC[C@@]12NC(=O)N(CC(=O)OCc1nnsc1Cl)C2=O. The molecule has 3 amide bonds. The Bertz CT molecular complexity index is 681. The number of rotatable bonds is 4. The second kappa shape index (κ2) is 6.64. The van der Waals surface area contributed by atoms with Crippen molar-refractivity contribution in [1.29, 1.82) is 0 Å². The molecule has 3 rings (SSSR count). The second-order valence-corrected chi connectivity index (χ2v) is 7.45. The van der Waals surface area contributed by atoms with E-state index in [4.69, 9.17) is 16.3 Å². The van der Waals surface area contributed by atoms with E-state index in [2.05, 4.69) is 14.9 Å². The van der Waals surface area contributed by atoms with Crippen molar-refractivity contribution in [1.82, 2.24) is 19.8 Å². The van der Waals surface area contributed by atoms with E-state index in [-0.39, 0.29) is 18.4 Å². The highest BCUT2D eigenvalue weighted by atomic mass is 35.5. The fourth-order valence-corrected chi connectivity index (χ4v) is 3.85. The van der Waals surface area contributed by atoms with E-state index in [0.717, 1.165) is 35.7 Å². The van der Waals surface area contributed by atoms with E-state index < -0.39 is 24.1 Å². The standard InChI is InChI=1S/C14H17ClN4O4S/c1-8-4-2-3-5-14(8)12(21)19(13(22)16-14)6-10(20)23-7-9-11(15)24-18-17-9/h8H,2-7H2,1H3,(H,16,22)/t8-,14+/m0/s1. The monoisotopic (exact) mass is 372 g/mol. The number of imide groups is 1. The van der Waals surface area contributed by atoms with Crippen LogP contribution in [0.2, 0.25) is 4.34 Å². The van der Waals surface area contributed by atoms with Gasteiger partial charge in [-0.05, 0) is 18.8 Å². The van der Waals surface area contributed by atoms with Crippen molar-refractivity contribution >= 4 is 41.0 Å². The summed E-state index contributed by atoms with van der Waals surface area (Å²) in [6, 6.07) is -0.543. The third-order valence-electron chi connectivity index (χ3n) is 4.67. The van der Waals surface area contributed by atoms with E-state index in [1.54, 1.807) is 0 Å². The minimum Gasteiger partial charge on any atom is -0.458 e. The molecule has 2 atom stereocenters. The minimum absolute atomic E-state index is 0.0450. The number of hydrogen-bond acceptors (Lipinski definition) is 7. The lowest BCUT2D eigenvalue weighted by Gasteiger charge is -2.36. The molecule has 1 aliphatic heterocycles. The molecule has 2 fully saturated rings. The number of carbonyl (C=O) groups is 3. The van der Waals surface area contributed by atoms with Gasteiger partial charge in [0.1, 0.15) is 28.7 Å². The van der Waals surface area contributed by atoms with E-state index >= 15 is 0 Å². The number of nitrogens with one attached hydrogen (secondary N) is 1. The lowest BCUT2D eigenvalue weighted by Crippen LogP contribution is -2.54. The predicted molar refractivity (Wildman–Crippen MR) is 85.3 cm³/mol. The van der Waals surface area contributed by atoms with Crippen LogP contribution in [-0.4, -0.2) is 44.5 Å². The van der Waals surface area contributed by atoms with E-state index in [1.807, 2.05) is 6.92 Å². The van der Waals surface area contributed by atoms with Crippen molar-refractivity contribution in [3.63, 3.8) is 0 Å². The van der Waals surface area contributed by atoms with Crippen molar-refractivity contribution in [2.45, 2.75) is 44.8 Å². The van der Waals surface area contributed by atoms with Crippen molar-refractivity contribution in [3.8, 4) is 0 Å². The third kappa shape index (κ3) is 2.98. The second-order valence-electron chi connectivity index (χ2n) is 6.09. The number of hydrogen-bond donors (Lipinski definition) is 1. The Labute approximate surface area is 147 Å². The van der Waals surface area contributed by atoms with Crippen molar-refractivity contribution in [2.75, 3.05) is 6.54 Å². The molecule has 10 heteroatoms. The average molecular weight is 373 g/mol. The van der Waals surface area contributed by atoms with Gasteiger partial charge in [-0.3, -0.25) is 14.5 Å².